The summed E-state index contributed by atoms with van der Waals surface area (Å²) in [5.41, 5.74) is 3.33. The summed E-state index contributed by atoms with van der Waals surface area (Å²) >= 11 is 0. The minimum atomic E-state index is -0.708. The number of nitrogens with zero attached hydrogens (tertiary/aromatic N) is 1. The van der Waals surface area contributed by atoms with Crippen LogP contribution in [0.4, 0.5) is 0 Å². The monoisotopic (exact) mass is 399 g/mol. The summed E-state index contributed by atoms with van der Waals surface area (Å²) in [4.78, 5) is 13.7. The standard InChI is InChI=1S/C23H29NO5/c1-15-7-5-6-8-17(15)22(24-11-9-16(10-12-24)23(25)26)18-13-20(28-3)21(29-4)14-19(18)27-2/h5-8,13-14,16,22H,9-12H2,1-4H3,(H,25,26). The molecule has 1 fully saturated rings. The number of carbonyl (C=O) groups is 1. The molecule has 0 spiro atoms. The summed E-state index contributed by atoms with van der Waals surface area (Å²) in [7, 11) is 4.87. The normalized spacial score (nSPS) is 16.3. The molecule has 3 rings (SSSR count). The van der Waals surface area contributed by atoms with Crippen LogP contribution in [0.15, 0.2) is 36.4 Å². The third-order valence-electron chi connectivity index (χ3n) is 5.76. The first-order valence-electron chi connectivity index (χ1n) is 9.82. The Kier molecular flexibility index (Phi) is 6.64. The molecule has 1 saturated heterocycles. The van der Waals surface area contributed by atoms with Crippen LogP contribution < -0.4 is 14.2 Å². The van der Waals surface area contributed by atoms with Crippen LogP contribution in [0.1, 0.15) is 35.6 Å². The van der Waals surface area contributed by atoms with Crippen LogP contribution in [-0.2, 0) is 4.79 Å². The van der Waals surface area contributed by atoms with Gasteiger partial charge >= 0.3 is 5.97 Å². The van der Waals surface area contributed by atoms with E-state index < -0.39 is 5.97 Å². The number of benzene rings is 2. The van der Waals surface area contributed by atoms with Gasteiger partial charge in [0.15, 0.2) is 11.5 Å². The Balaban J connectivity index is 2.09. The Morgan fingerprint density at radius 3 is 2.10 bits per heavy atom. The van der Waals surface area contributed by atoms with Crippen LogP contribution >= 0.6 is 0 Å². The second kappa shape index (κ2) is 9.18. The van der Waals surface area contributed by atoms with Crippen LogP contribution in [0.2, 0.25) is 0 Å². The van der Waals surface area contributed by atoms with E-state index in [0.29, 0.717) is 37.4 Å². The summed E-state index contributed by atoms with van der Waals surface area (Å²) in [6.07, 6.45) is 1.26. The smallest absolute Gasteiger partial charge is 0.306 e. The van der Waals surface area contributed by atoms with Crippen molar-refractivity contribution in [1.29, 1.82) is 0 Å². The zero-order valence-electron chi connectivity index (χ0n) is 17.5. The topological polar surface area (TPSA) is 68.2 Å². The average molecular weight is 399 g/mol. The second-order valence-electron chi connectivity index (χ2n) is 7.36. The van der Waals surface area contributed by atoms with Crippen LogP contribution in [0, 0.1) is 12.8 Å². The van der Waals surface area contributed by atoms with E-state index in [4.69, 9.17) is 14.2 Å². The van der Waals surface area contributed by atoms with Crippen molar-refractivity contribution < 1.29 is 24.1 Å². The molecule has 2 aromatic rings. The Morgan fingerprint density at radius 1 is 0.966 bits per heavy atom. The largest absolute Gasteiger partial charge is 0.496 e. The van der Waals surface area contributed by atoms with Crippen molar-refractivity contribution in [2.75, 3.05) is 34.4 Å². The van der Waals surface area contributed by atoms with E-state index in [1.807, 2.05) is 24.3 Å². The number of piperidine rings is 1. The SMILES string of the molecule is COc1cc(OC)c(C(c2ccccc2C)N2CCC(C(=O)O)CC2)cc1OC. The number of likely N-dealkylation sites (tertiary alicyclic amines) is 1. The molecule has 0 aliphatic carbocycles. The molecule has 0 radical (unpaired) electrons. The average Bonchev–Trinajstić information content (AvgIpc) is 2.75. The number of rotatable bonds is 7. The van der Waals surface area contributed by atoms with Crippen molar-refractivity contribution >= 4 is 5.97 Å². The highest BCUT2D eigenvalue weighted by atomic mass is 16.5. The summed E-state index contributed by atoms with van der Waals surface area (Å²) < 4.78 is 16.7. The molecule has 2 aromatic carbocycles. The number of aryl methyl sites for hydroxylation is 1. The van der Waals surface area contributed by atoms with Gasteiger partial charge in [0.05, 0.1) is 33.3 Å². The molecule has 6 nitrogen and oxygen atoms in total. The molecular weight excluding hydrogens is 370 g/mol. The Morgan fingerprint density at radius 2 is 1.55 bits per heavy atom. The lowest BCUT2D eigenvalue weighted by Crippen LogP contribution is -2.39. The summed E-state index contributed by atoms with van der Waals surface area (Å²) in [6, 6.07) is 12.0. The second-order valence-corrected chi connectivity index (χ2v) is 7.36. The van der Waals surface area contributed by atoms with Crippen LogP contribution in [-0.4, -0.2) is 50.4 Å². The zero-order valence-corrected chi connectivity index (χ0v) is 17.5. The van der Waals surface area contributed by atoms with Crippen molar-refractivity contribution in [3.63, 3.8) is 0 Å². The third-order valence-corrected chi connectivity index (χ3v) is 5.76. The summed E-state index contributed by atoms with van der Waals surface area (Å²) in [5.74, 6) is 0.983. The number of carboxylic acids is 1. The van der Waals surface area contributed by atoms with Crippen molar-refractivity contribution in [1.82, 2.24) is 4.90 Å². The van der Waals surface area contributed by atoms with Gasteiger partial charge in [0, 0.05) is 11.6 Å². The fraction of sp³-hybridized carbons (Fsp3) is 0.435. The van der Waals surface area contributed by atoms with Gasteiger partial charge in [0.2, 0.25) is 0 Å². The van der Waals surface area contributed by atoms with Crippen LogP contribution in [0.3, 0.4) is 0 Å². The number of aliphatic carboxylic acids is 1. The molecule has 156 valence electrons. The van der Waals surface area contributed by atoms with E-state index in [9.17, 15) is 9.90 Å². The quantitative estimate of drug-likeness (QED) is 0.761. The van der Waals surface area contributed by atoms with Crippen molar-refractivity contribution in [3.05, 3.63) is 53.1 Å². The maximum absolute atomic E-state index is 11.4. The number of methoxy groups -OCH3 is 3. The third kappa shape index (κ3) is 4.32. The number of ether oxygens (including phenoxy) is 3. The first-order chi connectivity index (χ1) is 14.0. The van der Waals surface area contributed by atoms with Crippen LogP contribution in [0.5, 0.6) is 17.2 Å². The molecule has 0 amide bonds. The van der Waals surface area contributed by atoms with E-state index in [2.05, 4.69) is 24.0 Å². The van der Waals surface area contributed by atoms with Gasteiger partial charge in [-0.05, 0) is 50.0 Å². The summed E-state index contributed by atoms with van der Waals surface area (Å²) in [6.45, 7) is 3.50. The Labute approximate surface area is 172 Å². The first kappa shape index (κ1) is 21.0. The highest BCUT2D eigenvalue weighted by Gasteiger charge is 2.33. The minimum Gasteiger partial charge on any atom is -0.496 e. The van der Waals surface area contributed by atoms with E-state index in [0.717, 1.165) is 11.3 Å². The molecule has 1 aliphatic rings. The van der Waals surface area contributed by atoms with Gasteiger partial charge < -0.3 is 19.3 Å². The molecule has 1 atom stereocenters. The molecule has 1 aliphatic heterocycles. The molecule has 1 unspecified atom stereocenters. The Hall–Kier alpha value is -2.73. The fourth-order valence-electron chi connectivity index (χ4n) is 4.13. The van der Waals surface area contributed by atoms with Gasteiger partial charge in [-0.2, -0.15) is 0 Å². The lowest BCUT2D eigenvalue weighted by molar-refractivity contribution is -0.143. The molecule has 0 bridgehead atoms. The highest BCUT2D eigenvalue weighted by molar-refractivity contribution is 5.70. The van der Waals surface area contributed by atoms with Crippen molar-refractivity contribution in [2.24, 2.45) is 5.92 Å². The number of carboxylic acid groups (broad SMARTS) is 1. The predicted molar refractivity (Wildman–Crippen MR) is 111 cm³/mol. The van der Waals surface area contributed by atoms with Crippen molar-refractivity contribution in [2.45, 2.75) is 25.8 Å². The van der Waals surface area contributed by atoms with Gasteiger partial charge in [-0.1, -0.05) is 24.3 Å². The van der Waals surface area contributed by atoms with Gasteiger partial charge in [-0.15, -0.1) is 0 Å². The van der Waals surface area contributed by atoms with Gasteiger partial charge in [-0.3, -0.25) is 9.69 Å². The maximum atomic E-state index is 11.4. The predicted octanol–water partition coefficient (Wildman–Crippen LogP) is 3.91. The van der Waals surface area contributed by atoms with E-state index >= 15 is 0 Å². The summed E-state index contributed by atoms with van der Waals surface area (Å²) in [5, 5.41) is 9.38. The number of hydrogen-bond acceptors (Lipinski definition) is 5. The Bertz CT molecular complexity index is 858. The molecule has 1 N–H and O–H groups in total. The van der Waals surface area contributed by atoms with E-state index in [1.54, 1.807) is 21.3 Å². The highest BCUT2D eigenvalue weighted by Crippen LogP contribution is 2.43. The first-order valence-corrected chi connectivity index (χ1v) is 9.82. The van der Waals surface area contributed by atoms with Crippen molar-refractivity contribution in [3.8, 4) is 17.2 Å². The molecule has 6 heteroatoms. The zero-order chi connectivity index (χ0) is 21.0. The molecule has 29 heavy (non-hydrogen) atoms. The minimum absolute atomic E-state index is 0.0688. The van der Waals surface area contributed by atoms with Gasteiger partial charge in [0.1, 0.15) is 5.75 Å². The number of hydrogen-bond donors (Lipinski definition) is 1. The molecular formula is C23H29NO5. The maximum Gasteiger partial charge on any atom is 0.306 e. The molecule has 0 aromatic heterocycles. The van der Waals surface area contributed by atoms with E-state index in [1.165, 1.54) is 11.1 Å². The molecule has 0 saturated carbocycles. The molecule has 1 heterocycles. The van der Waals surface area contributed by atoms with Gasteiger partial charge in [-0.25, -0.2) is 0 Å². The lowest BCUT2D eigenvalue weighted by atomic mass is 9.89. The van der Waals surface area contributed by atoms with Crippen LogP contribution in [0.25, 0.3) is 0 Å². The lowest BCUT2D eigenvalue weighted by Gasteiger charge is -2.38. The van der Waals surface area contributed by atoms with Gasteiger partial charge in [0.25, 0.3) is 0 Å². The fourth-order valence-corrected chi connectivity index (χ4v) is 4.13. The van der Waals surface area contributed by atoms with E-state index in [-0.39, 0.29) is 12.0 Å².